The van der Waals surface area contributed by atoms with Gasteiger partial charge < -0.3 is 4.81 Å². The van der Waals surface area contributed by atoms with Crippen LogP contribution in [0, 0.1) is 0 Å². The van der Waals surface area contributed by atoms with Gasteiger partial charge in [-0.15, -0.1) is 0 Å². The summed E-state index contributed by atoms with van der Waals surface area (Å²) in [5.74, 6) is 2.23. The summed E-state index contributed by atoms with van der Waals surface area (Å²) in [7, 11) is 0. The van der Waals surface area contributed by atoms with E-state index in [2.05, 4.69) is 66.4 Å². The smallest absolute Gasteiger partial charge is 0.315 e. The van der Waals surface area contributed by atoms with E-state index in [1.807, 2.05) is 0 Å². The van der Waals surface area contributed by atoms with E-state index in [0.717, 1.165) is 6.54 Å². The van der Waals surface area contributed by atoms with Crippen molar-refractivity contribution in [2.24, 2.45) is 0 Å². The molecule has 0 aromatic heterocycles. The molecule has 70 valence electrons. The van der Waals surface area contributed by atoms with E-state index >= 15 is 0 Å². The minimum atomic E-state index is 0.409. The summed E-state index contributed by atoms with van der Waals surface area (Å²) in [4.78, 5) is 2.33. The molecule has 0 amide bonds. The largest absolute Gasteiger partial charge is 0.413 e. The van der Waals surface area contributed by atoms with Crippen molar-refractivity contribution in [3.8, 4) is 0 Å². The Morgan fingerprint density at radius 1 is 1.14 bits per heavy atom. The van der Waals surface area contributed by atoms with Crippen LogP contribution >= 0.6 is 0 Å². The van der Waals surface area contributed by atoms with Crippen LogP contribution in [0.4, 0.5) is 0 Å². The van der Waals surface area contributed by atoms with E-state index in [1.165, 1.54) is 5.46 Å². The molecule has 0 radical (unpaired) electrons. The lowest BCUT2D eigenvalue weighted by atomic mass is 9.53. The number of benzene rings is 1. The molecule has 0 N–H and O–H groups in total. The van der Waals surface area contributed by atoms with E-state index in [-0.39, 0.29) is 0 Å². The number of rotatable bonds is 2. The Bertz CT molecular complexity index is 343. The first-order chi connectivity index (χ1) is 6.92. The molecule has 2 heteroatoms. The van der Waals surface area contributed by atoms with Crippen molar-refractivity contribution in [1.82, 2.24) is 4.81 Å². The average molecular weight is 183 g/mol. The van der Waals surface area contributed by atoms with Gasteiger partial charge in [0, 0.05) is 6.54 Å². The molecule has 1 aromatic rings. The zero-order valence-electron chi connectivity index (χ0n) is 8.43. The molecule has 0 atom stereocenters. The van der Waals surface area contributed by atoms with Crippen molar-refractivity contribution in [3.05, 3.63) is 54.7 Å². The van der Waals surface area contributed by atoms with Crippen molar-refractivity contribution < 1.29 is 0 Å². The van der Waals surface area contributed by atoms with E-state index in [9.17, 15) is 0 Å². The van der Waals surface area contributed by atoms with Gasteiger partial charge in [-0.2, -0.15) is 0 Å². The minimum Gasteiger partial charge on any atom is -0.413 e. The van der Waals surface area contributed by atoms with Crippen LogP contribution in [0.25, 0.3) is 0 Å². The summed E-state index contributed by atoms with van der Waals surface area (Å²) in [6.45, 7) is 3.63. The Labute approximate surface area is 85.8 Å². The van der Waals surface area contributed by atoms with Crippen molar-refractivity contribution in [2.45, 2.75) is 6.92 Å². The molecule has 0 fully saturated rings. The standard InChI is InChI=1S/C12H14BN/c1-2-14-11-7-6-10-13(14)12-8-4-3-5-9-12/h3-11H,2H2,1H3. The van der Waals surface area contributed by atoms with E-state index in [0.29, 0.717) is 6.85 Å². The van der Waals surface area contributed by atoms with Crippen LogP contribution in [0.2, 0.25) is 0 Å². The minimum absolute atomic E-state index is 0.409. The van der Waals surface area contributed by atoms with E-state index in [4.69, 9.17) is 0 Å². The maximum Gasteiger partial charge on any atom is 0.315 e. The highest BCUT2D eigenvalue weighted by molar-refractivity contribution is 6.75. The zero-order chi connectivity index (χ0) is 9.80. The Hall–Kier alpha value is -1.44. The van der Waals surface area contributed by atoms with Gasteiger partial charge in [-0.1, -0.05) is 47.8 Å². The predicted octanol–water partition coefficient (Wildman–Crippen LogP) is 1.83. The lowest BCUT2D eigenvalue weighted by Crippen LogP contribution is -2.44. The summed E-state index contributed by atoms with van der Waals surface area (Å²) in [6.07, 6.45) is 6.35. The van der Waals surface area contributed by atoms with Crippen molar-refractivity contribution >= 4 is 12.3 Å². The van der Waals surface area contributed by atoms with Gasteiger partial charge in [-0.3, -0.25) is 0 Å². The van der Waals surface area contributed by atoms with Crippen LogP contribution in [0.3, 0.4) is 0 Å². The molecule has 2 rings (SSSR count). The van der Waals surface area contributed by atoms with Crippen LogP contribution < -0.4 is 5.46 Å². The van der Waals surface area contributed by atoms with Gasteiger partial charge in [0.2, 0.25) is 0 Å². The molecule has 14 heavy (non-hydrogen) atoms. The highest BCUT2D eigenvalue weighted by atomic mass is 15.0. The molecule has 1 nitrogen and oxygen atoms in total. The fraction of sp³-hybridized carbons (Fsp3) is 0.167. The van der Waals surface area contributed by atoms with Crippen molar-refractivity contribution in [2.75, 3.05) is 6.54 Å². The van der Waals surface area contributed by atoms with Crippen LogP contribution in [0.1, 0.15) is 6.92 Å². The second-order valence-electron chi connectivity index (χ2n) is 3.41. The van der Waals surface area contributed by atoms with Crippen LogP contribution in [-0.4, -0.2) is 18.2 Å². The molecule has 1 heterocycles. The fourth-order valence-electron chi connectivity index (χ4n) is 1.79. The third kappa shape index (κ3) is 1.74. The third-order valence-corrected chi connectivity index (χ3v) is 2.55. The summed E-state index contributed by atoms with van der Waals surface area (Å²) in [5, 5.41) is 0. The zero-order valence-corrected chi connectivity index (χ0v) is 8.43. The first-order valence-corrected chi connectivity index (χ1v) is 5.07. The topological polar surface area (TPSA) is 3.24 Å². The molecule has 1 aliphatic rings. The first kappa shape index (κ1) is 9.13. The average Bonchev–Trinajstić information content (AvgIpc) is 2.30. The highest BCUT2D eigenvalue weighted by Crippen LogP contribution is 2.04. The van der Waals surface area contributed by atoms with Gasteiger partial charge in [0.25, 0.3) is 0 Å². The lowest BCUT2D eigenvalue weighted by molar-refractivity contribution is 0.617. The van der Waals surface area contributed by atoms with Crippen LogP contribution in [0.5, 0.6) is 0 Å². The normalized spacial score (nSPS) is 14.9. The molecule has 1 aromatic carbocycles. The molecule has 0 saturated heterocycles. The molecular weight excluding hydrogens is 169 g/mol. The number of hydrogen-bond donors (Lipinski definition) is 0. The van der Waals surface area contributed by atoms with Gasteiger partial charge in [-0.05, 0) is 19.2 Å². The van der Waals surface area contributed by atoms with Gasteiger partial charge in [0.15, 0.2) is 0 Å². The van der Waals surface area contributed by atoms with E-state index in [1.54, 1.807) is 0 Å². The van der Waals surface area contributed by atoms with Crippen molar-refractivity contribution in [1.29, 1.82) is 0 Å². The molecule has 0 bridgehead atoms. The third-order valence-electron chi connectivity index (χ3n) is 2.55. The van der Waals surface area contributed by atoms with Gasteiger partial charge in [0.1, 0.15) is 0 Å². The van der Waals surface area contributed by atoms with Crippen LogP contribution in [0.15, 0.2) is 54.7 Å². The van der Waals surface area contributed by atoms with Gasteiger partial charge in [-0.25, -0.2) is 0 Å². The predicted molar refractivity (Wildman–Crippen MR) is 62.5 cm³/mol. The molecule has 0 unspecified atom stereocenters. The maximum absolute atomic E-state index is 2.33. The van der Waals surface area contributed by atoms with Crippen molar-refractivity contribution in [3.63, 3.8) is 0 Å². The quantitative estimate of drug-likeness (QED) is 0.632. The Morgan fingerprint density at radius 3 is 2.64 bits per heavy atom. The second-order valence-corrected chi connectivity index (χ2v) is 3.41. The Balaban J connectivity index is 2.25. The fourth-order valence-corrected chi connectivity index (χ4v) is 1.79. The van der Waals surface area contributed by atoms with Crippen LogP contribution in [-0.2, 0) is 0 Å². The summed E-state index contributed by atoms with van der Waals surface area (Å²) >= 11 is 0. The number of hydrogen-bond acceptors (Lipinski definition) is 1. The lowest BCUT2D eigenvalue weighted by Gasteiger charge is -2.26. The molecule has 1 aliphatic heterocycles. The summed E-state index contributed by atoms with van der Waals surface area (Å²) in [5.41, 5.74) is 1.36. The first-order valence-electron chi connectivity index (χ1n) is 5.07. The van der Waals surface area contributed by atoms with Gasteiger partial charge in [0.05, 0.1) is 0 Å². The SMILES string of the molecule is CCN1C=CC=CB1c1ccccc1. The van der Waals surface area contributed by atoms with E-state index < -0.39 is 0 Å². The number of nitrogens with zero attached hydrogens (tertiary/aromatic N) is 1. The Morgan fingerprint density at radius 2 is 1.93 bits per heavy atom. The molecular formula is C12H14BN. The highest BCUT2D eigenvalue weighted by Gasteiger charge is 2.19. The summed E-state index contributed by atoms with van der Waals surface area (Å²) in [6, 6.07) is 10.6. The summed E-state index contributed by atoms with van der Waals surface area (Å²) < 4.78 is 0. The monoisotopic (exact) mass is 183 g/mol. The maximum atomic E-state index is 2.33. The second kappa shape index (κ2) is 4.18. The Kier molecular flexibility index (Phi) is 2.73. The van der Waals surface area contributed by atoms with Gasteiger partial charge >= 0.3 is 6.85 Å². The molecule has 0 saturated carbocycles. The molecule has 0 aliphatic carbocycles. The molecule has 0 spiro atoms. The number of allylic oxidation sites excluding steroid dienone is 2.